The summed E-state index contributed by atoms with van der Waals surface area (Å²) in [5.74, 6) is -1.65. The molecule has 1 rings (SSSR count). The number of nitrogens with zero attached hydrogens (tertiary/aromatic N) is 1. The molecule has 1 nitrogen and oxygen atoms in total. The van der Waals surface area contributed by atoms with Gasteiger partial charge in [-0.25, -0.2) is 18.2 Å². The molecule has 0 aliphatic carbocycles. The third-order valence-corrected chi connectivity index (χ3v) is 2.05. The van der Waals surface area contributed by atoms with Gasteiger partial charge in [-0.1, -0.05) is 0 Å². The summed E-state index contributed by atoms with van der Waals surface area (Å²) in [7, 11) is 0. The lowest BCUT2D eigenvalue weighted by Crippen LogP contribution is -2.14. The molecule has 1 heterocycles. The van der Waals surface area contributed by atoms with Gasteiger partial charge in [0.05, 0.1) is 10.0 Å². The molecular weight excluding hydrogens is 292 g/mol. The Kier molecular flexibility index (Phi) is 3.27. The van der Waals surface area contributed by atoms with Crippen LogP contribution in [0.1, 0.15) is 17.7 Å². The molecule has 0 fully saturated rings. The number of halogens is 7. The highest BCUT2D eigenvalue weighted by atomic mass is 79.9. The summed E-state index contributed by atoms with van der Waals surface area (Å²) in [6, 6.07) is 0. The Morgan fingerprint density at radius 2 is 1.80 bits per heavy atom. The van der Waals surface area contributed by atoms with Crippen molar-refractivity contribution in [1.82, 2.24) is 4.98 Å². The van der Waals surface area contributed by atoms with Gasteiger partial charge in [-0.15, -0.1) is 0 Å². The van der Waals surface area contributed by atoms with Crippen molar-refractivity contribution in [2.45, 2.75) is 12.6 Å². The first-order valence-electron chi connectivity index (χ1n) is 3.44. The van der Waals surface area contributed by atoms with Crippen molar-refractivity contribution >= 4 is 15.9 Å². The van der Waals surface area contributed by atoms with Crippen molar-refractivity contribution in [2.24, 2.45) is 0 Å². The Morgan fingerprint density at radius 3 is 2.20 bits per heavy atom. The second-order valence-electron chi connectivity index (χ2n) is 2.48. The average molecular weight is 294 g/mol. The Morgan fingerprint density at radius 1 is 1.27 bits per heavy atom. The summed E-state index contributed by atoms with van der Waals surface area (Å²) in [6.07, 6.45) is -8.19. The number of pyridine rings is 1. The minimum atomic E-state index is -5.10. The molecule has 0 saturated carbocycles. The van der Waals surface area contributed by atoms with E-state index in [0.717, 1.165) is 0 Å². The molecule has 84 valence electrons. The van der Waals surface area contributed by atoms with E-state index in [1.54, 1.807) is 0 Å². The molecule has 15 heavy (non-hydrogen) atoms. The Balaban J connectivity index is 3.47. The molecule has 1 aromatic rings. The van der Waals surface area contributed by atoms with Crippen molar-refractivity contribution in [3.8, 4) is 0 Å². The number of alkyl halides is 5. The summed E-state index contributed by atoms with van der Waals surface area (Å²) in [5, 5.41) is 0. The largest absolute Gasteiger partial charge is 0.433 e. The van der Waals surface area contributed by atoms with Crippen LogP contribution in [0.25, 0.3) is 0 Å². The Hall–Kier alpha value is -0.790. The summed E-state index contributed by atoms with van der Waals surface area (Å²) in [4.78, 5) is 2.74. The van der Waals surface area contributed by atoms with Gasteiger partial charge >= 0.3 is 6.18 Å². The van der Waals surface area contributed by atoms with Crippen molar-refractivity contribution < 1.29 is 26.3 Å². The molecule has 1 aromatic heterocycles. The SMILES string of the molecule is Fc1c(Br)cnc(C(F)(F)F)c1C(F)F. The van der Waals surface area contributed by atoms with Crippen molar-refractivity contribution in [2.75, 3.05) is 0 Å². The lowest BCUT2D eigenvalue weighted by Gasteiger charge is -2.12. The standard InChI is InChI=1S/C7H2BrF6N/c8-2-1-15-5(7(12,13)14)3(4(2)9)6(10)11/h1,6H. The maximum Gasteiger partial charge on any atom is 0.433 e. The van der Waals surface area contributed by atoms with Crippen LogP contribution in [0, 0.1) is 5.82 Å². The van der Waals surface area contributed by atoms with Crippen LogP contribution in [0.5, 0.6) is 0 Å². The summed E-state index contributed by atoms with van der Waals surface area (Å²) in [5.41, 5.74) is -3.64. The fourth-order valence-corrected chi connectivity index (χ4v) is 1.22. The predicted octanol–water partition coefficient (Wildman–Crippen LogP) is 3.94. The fourth-order valence-electron chi connectivity index (χ4n) is 0.905. The van der Waals surface area contributed by atoms with Crippen LogP contribution in [0.4, 0.5) is 26.3 Å². The van der Waals surface area contributed by atoms with Crippen LogP contribution in [-0.4, -0.2) is 4.98 Å². The highest BCUT2D eigenvalue weighted by Crippen LogP contribution is 2.37. The maximum atomic E-state index is 13.0. The highest BCUT2D eigenvalue weighted by Gasteiger charge is 2.39. The van der Waals surface area contributed by atoms with Gasteiger partial charge in [0.15, 0.2) is 5.69 Å². The lowest BCUT2D eigenvalue weighted by atomic mass is 10.2. The van der Waals surface area contributed by atoms with E-state index in [1.165, 1.54) is 0 Å². The number of rotatable bonds is 1. The summed E-state index contributed by atoms with van der Waals surface area (Å²) < 4.78 is 73.3. The van der Waals surface area contributed by atoms with Crippen LogP contribution in [0.15, 0.2) is 10.7 Å². The van der Waals surface area contributed by atoms with Gasteiger partial charge in [0.1, 0.15) is 5.82 Å². The molecule has 8 heteroatoms. The molecule has 0 aromatic carbocycles. The summed E-state index contributed by atoms with van der Waals surface area (Å²) >= 11 is 2.48. The highest BCUT2D eigenvalue weighted by molar-refractivity contribution is 9.10. The van der Waals surface area contributed by atoms with Gasteiger partial charge in [0.2, 0.25) is 0 Å². The maximum absolute atomic E-state index is 13.0. The van der Waals surface area contributed by atoms with Crippen LogP contribution >= 0.6 is 15.9 Å². The van der Waals surface area contributed by atoms with E-state index in [0.29, 0.717) is 6.20 Å². The Bertz CT molecular complexity index is 374. The Labute approximate surface area is 88.2 Å². The monoisotopic (exact) mass is 293 g/mol. The normalized spacial score (nSPS) is 12.3. The van der Waals surface area contributed by atoms with E-state index >= 15 is 0 Å². The number of aromatic nitrogens is 1. The molecule has 0 N–H and O–H groups in total. The van der Waals surface area contributed by atoms with Crippen LogP contribution in [0.3, 0.4) is 0 Å². The number of hydrogen-bond donors (Lipinski definition) is 0. The van der Waals surface area contributed by atoms with Crippen LogP contribution in [0.2, 0.25) is 0 Å². The zero-order valence-corrected chi connectivity index (χ0v) is 8.33. The van der Waals surface area contributed by atoms with Gasteiger partial charge in [-0.2, -0.15) is 13.2 Å². The van der Waals surface area contributed by atoms with Gasteiger partial charge in [-0.05, 0) is 15.9 Å². The zero-order chi connectivity index (χ0) is 11.8. The third kappa shape index (κ3) is 2.42. The van der Waals surface area contributed by atoms with E-state index in [2.05, 4.69) is 20.9 Å². The van der Waals surface area contributed by atoms with Crippen LogP contribution < -0.4 is 0 Å². The first-order valence-corrected chi connectivity index (χ1v) is 4.23. The average Bonchev–Trinajstić information content (AvgIpc) is 2.06. The van der Waals surface area contributed by atoms with E-state index < -0.39 is 34.1 Å². The molecule has 0 spiro atoms. The minimum absolute atomic E-state index is 0.490. The molecule has 0 bridgehead atoms. The molecular formula is C7H2BrF6N. The number of hydrogen-bond acceptors (Lipinski definition) is 1. The van der Waals surface area contributed by atoms with Crippen molar-refractivity contribution in [3.63, 3.8) is 0 Å². The second-order valence-corrected chi connectivity index (χ2v) is 3.34. The molecule has 0 aliphatic heterocycles. The van der Waals surface area contributed by atoms with Gasteiger partial charge < -0.3 is 0 Å². The molecule has 0 atom stereocenters. The topological polar surface area (TPSA) is 12.9 Å². The van der Waals surface area contributed by atoms with Gasteiger partial charge in [0, 0.05) is 6.20 Å². The molecule has 0 radical (unpaired) electrons. The quantitative estimate of drug-likeness (QED) is 0.715. The summed E-state index contributed by atoms with van der Waals surface area (Å²) in [6.45, 7) is 0. The van der Waals surface area contributed by atoms with Gasteiger partial charge in [0.25, 0.3) is 6.43 Å². The van der Waals surface area contributed by atoms with Crippen molar-refractivity contribution in [1.29, 1.82) is 0 Å². The first kappa shape index (κ1) is 12.3. The fraction of sp³-hybridized carbons (Fsp3) is 0.286. The molecule has 0 aliphatic rings. The van der Waals surface area contributed by atoms with Crippen LogP contribution in [-0.2, 0) is 6.18 Å². The van der Waals surface area contributed by atoms with E-state index in [-0.39, 0.29) is 0 Å². The first-order chi connectivity index (χ1) is 6.75. The third-order valence-electron chi connectivity index (χ3n) is 1.49. The smallest absolute Gasteiger partial charge is 0.250 e. The van der Waals surface area contributed by atoms with E-state index in [1.807, 2.05) is 0 Å². The lowest BCUT2D eigenvalue weighted by molar-refractivity contribution is -0.143. The molecule has 0 unspecified atom stereocenters. The predicted molar refractivity (Wildman–Crippen MR) is 41.9 cm³/mol. The zero-order valence-electron chi connectivity index (χ0n) is 6.75. The van der Waals surface area contributed by atoms with Gasteiger partial charge in [-0.3, -0.25) is 0 Å². The molecule has 0 saturated heterocycles. The minimum Gasteiger partial charge on any atom is -0.250 e. The second kappa shape index (κ2) is 3.99. The van der Waals surface area contributed by atoms with Crippen molar-refractivity contribution in [3.05, 3.63) is 27.7 Å². The van der Waals surface area contributed by atoms with E-state index in [4.69, 9.17) is 0 Å². The molecule has 0 amide bonds. The van der Waals surface area contributed by atoms with E-state index in [9.17, 15) is 26.3 Å².